The Morgan fingerprint density at radius 2 is 1.59 bits per heavy atom. The van der Waals surface area contributed by atoms with Crippen LogP contribution in [0.3, 0.4) is 0 Å². The molecule has 4 aliphatic rings. The average Bonchev–Trinajstić information content (AvgIpc) is 2.97. The van der Waals surface area contributed by atoms with Crippen LogP contribution >= 0.6 is 0 Å². The fourth-order valence-corrected chi connectivity index (χ4v) is 6.29. The second kappa shape index (κ2) is 16.0. The molecule has 13 atom stereocenters. The van der Waals surface area contributed by atoms with Gasteiger partial charge in [0.15, 0.2) is 12.6 Å². The number of urea groups is 1. The first kappa shape index (κ1) is 35.5. The maximum Gasteiger partial charge on any atom is 0.341 e. The van der Waals surface area contributed by atoms with E-state index in [0.717, 1.165) is 19.4 Å². The highest BCUT2D eigenvalue weighted by Crippen LogP contribution is 2.32. The second-order valence-electron chi connectivity index (χ2n) is 12.5. The van der Waals surface area contributed by atoms with Gasteiger partial charge in [-0.1, -0.05) is 0 Å². The Labute approximate surface area is 256 Å². The van der Waals surface area contributed by atoms with Gasteiger partial charge in [0.1, 0.15) is 36.6 Å². The molecule has 2 heterocycles. The molecule has 0 spiro atoms. The third-order valence-electron chi connectivity index (χ3n) is 9.00. The van der Waals surface area contributed by atoms with Crippen molar-refractivity contribution in [2.24, 2.45) is 34.6 Å². The lowest BCUT2D eigenvalue weighted by Gasteiger charge is -2.48. The van der Waals surface area contributed by atoms with Crippen LogP contribution in [-0.2, 0) is 18.9 Å². The van der Waals surface area contributed by atoms with Crippen LogP contribution in [0.15, 0.2) is 0 Å². The third-order valence-corrected chi connectivity index (χ3v) is 9.00. The molecular weight excluding hydrogens is 584 g/mol. The van der Waals surface area contributed by atoms with Crippen LogP contribution in [-0.4, -0.2) is 155 Å². The summed E-state index contributed by atoms with van der Waals surface area (Å²) >= 11 is 0. The van der Waals surface area contributed by atoms with Gasteiger partial charge in [-0.2, -0.15) is 0 Å². The zero-order valence-corrected chi connectivity index (χ0v) is 24.8. The normalized spacial score (nSPS) is 44.5. The quantitative estimate of drug-likeness (QED) is 0.0702. The van der Waals surface area contributed by atoms with E-state index in [9.17, 15) is 30.4 Å². The van der Waals surface area contributed by atoms with Crippen LogP contribution in [0.2, 0.25) is 0 Å². The van der Waals surface area contributed by atoms with Gasteiger partial charge in [0.25, 0.3) is 0 Å². The molecule has 17 N–H and O–H groups in total. The lowest BCUT2D eigenvalue weighted by molar-refractivity contribution is -0.314. The van der Waals surface area contributed by atoms with Crippen LogP contribution in [0.1, 0.15) is 32.1 Å². The minimum atomic E-state index is -1.56. The number of amides is 2. The van der Waals surface area contributed by atoms with Crippen molar-refractivity contribution in [3.05, 3.63) is 0 Å². The Bertz CT molecular complexity index is 907. The van der Waals surface area contributed by atoms with E-state index in [1.165, 1.54) is 0 Å². The van der Waals surface area contributed by atoms with Gasteiger partial charge >= 0.3 is 6.03 Å². The van der Waals surface area contributed by atoms with E-state index in [0.29, 0.717) is 30.4 Å². The van der Waals surface area contributed by atoms with E-state index in [-0.39, 0.29) is 31.7 Å². The predicted molar refractivity (Wildman–Crippen MR) is 153 cm³/mol. The maximum atomic E-state index is 12.6. The Morgan fingerprint density at radius 1 is 0.886 bits per heavy atom. The molecular formula is C26H52N8O10. The summed E-state index contributed by atoms with van der Waals surface area (Å²) in [4.78, 5) is 12.6. The molecule has 4 fully saturated rings. The summed E-state index contributed by atoms with van der Waals surface area (Å²) in [6, 6.07) is -4.25. The number of nitrogens with zero attached hydrogens (tertiary/aromatic N) is 1. The molecule has 0 aromatic carbocycles. The molecule has 4 rings (SSSR count). The summed E-state index contributed by atoms with van der Waals surface area (Å²) in [5.74, 6) is 0.550. The smallest absolute Gasteiger partial charge is 0.341 e. The molecule has 1 unspecified atom stereocenters. The predicted octanol–water partition coefficient (Wildman–Crippen LogP) is -5.50. The fraction of sp³-hybridized carbons (Fsp3) is 0.962. The molecule has 2 aliphatic heterocycles. The molecule has 0 aromatic rings. The van der Waals surface area contributed by atoms with Crippen molar-refractivity contribution < 1.29 is 49.4 Å². The van der Waals surface area contributed by atoms with Crippen molar-refractivity contribution in [3.8, 4) is 0 Å². The number of aliphatic hydroxyl groups excluding tert-OH is 4. The number of aliphatic hydroxyl groups is 4. The first-order valence-electron chi connectivity index (χ1n) is 15.4. The van der Waals surface area contributed by atoms with Gasteiger partial charge < -0.3 is 78.7 Å². The Kier molecular flexibility index (Phi) is 12.9. The van der Waals surface area contributed by atoms with Crippen LogP contribution in [0.5, 0.6) is 0 Å². The van der Waals surface area contributed by atoms with Crippen molar-refractivity contribution >= 4 is 6.03 Å². The van der Waals surface area contributed by atoms with Crippen molar-refractivity contribution in [1.29, 1.82) is 0 Å². The lowest BCUT2D eigenvalue weighted by Crippen LogP contribution is -2.69. The van der Waals surface area contributed by atoms with Crippen LogP contribution in [0.4, 0.5) is 4.79 Å². The molecule has 256 valence electrons. The highest BCUT2D eigenvalue weighted by Gasteiger charge is 2.51. The Hall–Kier alpha value is -1.33. The summed E-state index contributed by atoms with van der Waals surface area (Å²) in [6.07, 6.45) is -7.32. The van der Waals surface area contributed by atoms with E-state index < -0.39 is 86.0 Å². The number of carbonyl (C=O) groups excluding carboxylic acids is 1. The Morgan fingerprint density at radius 3 is 2.25 bits per heavy atom. The first-order valence-corrected chi connectivity index (χ1v) is 15.4. The molecule has 0 radical (unpaired) electrons. The fourth-order valence-electron chi connectivity index (χ4n) is 6.29. The van der Waals surface area contributed by atoms with Gasteiger partial charge in [-0.15, -0.1) is 0 Å². The van der Waals surface area contributed by atoms with Crippen LogP contribution in [0, 0.1) is 5.92 Å². The van der Waals surface area contributed by atoms with Gasteiger partial charge in [0.2, 0.25) is 0 Å². The largest absolute Gasteiger partial charge is 0.394 e. The zero-order chi connectivity index (χ0) is 32.1. The van der Waals surface area contributed by atoms with E-state index in [1.54, 1.807) is 0 Å². The maximum absolute atomic E-state index is 12.6. The summed E-state index contributed by atoms with van der Waals surface area (Å²) in [5.41, 5.74) is 30.0. The standard InChI is InChI=1S/C26H52N8O10/c27-3-4-34(40)26(39)33-16-7-15(30)22(21(38)23(16)44-25-20(37)18(31)19(36)17(10-35)42-25)43-24-14(29)2-1-13(41-24)9-32-8-11-5-12(28)6-11/h11-25,32,35-38,40H,1-10,27-31H2,(H,33,39)/t11?,12?,13-,14+,15-,16+,17+,18-,19+,20+,21-,22?,23-,24+,25+/m0/s1. The molecule has 2 amide bonds. The molecule has 2 saturated heterocycles. The molecule has 18 heteroatoms. The van der Waals surface area contributed by atoms with E-state index in [1.807, 2.05) is 0 Å². The van der Waals surface area contributed by atoms with Gasteiger partial charge in [-0.05, 0) is 44.6 Å². The lowest BCUT2D eigenvalue weighted by atomic mass is 9.81. The molecule has 2 saturated carbocycles. The highest BCUT2D eigenvalue weighted by molar-refractivity contribution is 5.73. The highest BCUT2D eigenvalue weighted by atomic mass is 16.7. The summed E-state index contributed by atoms with van der Waals surface area (Å²) in [5, 5.41) is 58.5. The van der Waals surface area contributed by atoms with Crippen molar-refractivity contribution in [1.82, 2.24) is 15.7 Å². The first-order chi connectivity index (χ1) is 20.9. The van der Waals surface area contributed by atoms with Crippen molar-refractivity contribution in [3.63, 3.8) is 0 Å². The molecule has 18 nitrogen and oxygen atoms in total. The summed E-state index contributed by atoms with van der Waals surface area (Å²) < 4.78 is 23.9. The summed E-state index contributed by atoms with van der Waals surface area (Å²) in [7, 11) is 0. The molecule has 2 aliphatic carbocycles. The molecule has 0 bridgehead atoms. The number of hydrogen-bond acceptors (Lipinski definition) is 16. The van der Waals surface area contributed by atoms with Gasteiger partial charge in [0.05, 0.1) is 37.4 Å². The monoisotopic (exact) mass is 636 g/mol. The number of ether oxygens (including phenoxy) is 4. The van der Waals surface area contributed by atoms with Gasteiger partial charge in [0, 0.05) is 25.2 Å². The Balaban J connectivity index is 1.45. The number of rotatable bonds is 12. The third kappa shape index (κ3) is 8.52. The van der Waals surface area contributed by atoms with Crippen molar-refractivity contribution in [2.75, 3.05) is 32.8 Å². The van der Waals surface area contributed by atoms with Gasteiger partial charge in [-0.25, -0.2) is 9.86 Å². The number of nitrogens with one attached hydrogen (secondary N) is 2. The van der Waals surface area contributed by atoms with Gasteiger partial charge in [-0.3, -0.25) is 5.21 Å². The number of hydrogen-bond donors (Lipinski definition) is 12. The zero-order valence-electron chi connectivity index (χ0n) is 24.8. The minimum Gasteiger partial charge on any atom is -0.394 e. The number of carbonyl (C=O) groups is 1. The van der Waals surface area contributed by atoms with E-state index in [2.05, 4.69) is 10.6 Å². The molecule has 0 aromatic heterocycles. The van der Waals surface area contributed by atoms with E-state index in [4.69, 9.17) is 47.6 Å². The van der Waals surface area contributed by atoms with Crippen molar-refractivity contribution in [2.45, 2.75) is 118 Å². The number of nitrogens with two attached hydrogens (primary N) is 5. The topological polar surface area (TPSA) is 313 Å². The second-order valence-corrected chi connectivity index (χ2v) is 12.5. The van der Waals surface area contributed by atoms with Crippen LogP contribution in [0.25, 0.3) is 0 Å². The minimum absolute atomic E-state index is 0.00594. The average molecular weight is 637 g/mol. The van der Waals surface area contributed by atoms with Crippen LogP contribution < -0.4 is 39.3 Å². The number of hydroxylamine groups is 2. The summed E-state index contributed by atoms with van der Waals surface area (Å²) in [6.45, 7) is 0.635. The molecule has 44 heavy (non-hydrogen) atoms. The van der Waals surface area contributed by atoms with E-state index >= 15 is 0 Å². The SMILES string of the molecule is NCCN(O)C(=O)N[C@@H]1C[C@H](N)C(O[C@H]2O[C@H](CNCC3CC(N)C3)CC[C@H]2N)[C@H](O)[C@H]1O[C@H]1O[C@H](CO)[C@@H](O)[C@H](N)[C@H]1O.